The van der Waals surface area contributed by atoms with Crippen LogP contribution in [0.3, 0.4) is 0 Å². The quantitative estimate of drug-likeness (QED) is 0.539. The second-order valence-electron chi connectivity index (χ2n) is 4.19. The van der Waals surface area contributed by atoms with Gasteiger partial charge in [-0.3, -0.25) is 4.31 Å². The standard InChI is InChI=1S/C13H12IN3O4S/c1-17(12-4-3-7-15-16-12)22(19,20)9-5-6-11(14)10(8-9)13(18)21-2/h3-8H,1-2H3. The molecule has 0 bridgehead atoms. The van der Waals surface area contributed by atoms with E-state index in [-0.39, 0.29) is 16.3 Å². The van der Waals surface area contributed by atoms with E-state index < -0.39 is 16.0 Å². The van der Waals surface area contributed by atoms with Gasteiger partial charge >= 0.3 is 5.97 Å². The zero-order chi connectivity index (χ0) is 16.3. The third kappa shape index (κ3) is 3.19. The van der Waals surface area contributed by atoms with E-state index in [0.717, 1.165) is 4.31 Å². The van der Waals surface area contributed by atoms with Gasteiger partial charge in [0.15, 0.2) is 5.82 Å². The topological polar surface area (TPSA) is 89.5 Å². The van der Waals surface area contributed by atoms with Crippen molar-refractivity contribution in [1.82, 2.24) is 10.2 Å². The van der Waals surface area contributed by atoms with Crippen molar-refractivity contribution in [2.75, 3.05) is 18.5 Å². The summed E-state index contributed by atoms with van der Waals surface area (Å²) in [6.45, 7) is 0. The average Bonchev–Trinajstić information content (AvgIpc) is 2.54. The molecule has 0 spiro atoms. The molecule has 0 fully saturated rings. The fraction of sp³-hybridized carbons (Fsp3) is 0.154. The monoisotopic (exact) mass is 433 g/mol. The molecule has 0 aliphatic heterocycles. The summed E-state index contributed by atoms with van der Waals surface area (Å²) in [6.07, 6.45) is 1.45. The van der Waals surface area contributed by atoms with E-state index in [1.165, 1.54) is 38.6 Å². The lowest BCUT2D eigenvalue weighted by molar-refractivity contribution is 0.0599. The molecule has 22 heavy (non-hydrogen) atoms. The zero-order valence-corrected chi connectivity index (χ0v) is 14.7. The molecule has 0 saturated carbocycles. The lowest BCUT2D eigenvalue weighted by Gasteiger charge is -2.18. The first-order valence-corrected chi connectivity index (χ1v) is 8.54. The van der Waals surface area contributed by atoms with Crippen LogP contribution in [0.1, 0.15) is 10.4 Å². The van der Waals surface area contributed by atoms with Gasteiger partial charge in [-0.15, -0.1) is 5.10 Å². The third-order valence-corrected chi connectivity index (χ3v) is 5.58. The number of benzene rings is 1. The Morgan fingerprint density at radius 1 is 1.32 bits per heavy atom. The highest BCUT2D eigenvalue weighted by Crippen LogP contribution is 2.23. The summed E-state index contributed by atoms with van der Waals surface area (Å²) < 4.78 is 31.5. The fourth-order valence-corrected chi connectivity index (χ4v) is 3.40. The fourth-order valence-electron chi connectivity index (χ4n) is 1.67. The number of ether oxygens (including phenoxy) is 1. The molecule has 0 aliphatic carbocycles. The minimum absolute atomic E-state index is 0.0264. The first-order valence-electron chi connectivity index (χ1n) is 6.02. The van der Waals surface area contributed by atoms with Gasteiger partial charge in [0, 0.05) is 16.8 Å². The van der Waals surface area contributed by atoms with Gasteiger partial charge in [0.05, 0.1) is 17.6 Å². The number of nitrogens with zero attached hydrogens (tertiary/aromatic N) is 3. The molecule has 2 rings (SSSR count). The van der Waals surface area contributed by atoms with Gasteiger partial charge in [-0.05, 0) is 52.9 Å². The van der Waals surface area contributed by atoms with Crippen molar-refractivity contribution in [1.29, 1.82) is 0 Å². The number of rotatable bonds is 4. The Bertz CT molecular complexity index is 796. The Kier molecular flexibility index (Phi) is 4.96. The lowest BCUT2D eigenvalue weighted by Crippen LogP contribution is -2.27. The number of carbonyl (C=O) groups excluding carboxylic acids is 1. The first-order chi connectivity index (χ1) is 10.4. The van der Waals surface area contributed by atoms with Crippen molar-refractivity contribution in [3.63, 3.8) is 0 Å². The third-order valence-electron chi connectivity index (χ3n) is 2.88. The molecular weight excluding hydrogens is 421 g/mol. The van der Waals surface area contributed by atoms with E-state index in [1.807, 2.05) is 22.6 Å². The summed E-state index contributed by atoms with van der Waals surface area (Å²) in [6, 6.07) is 7.37. The maximum Gasteiger partial charge on any atom is 0.338 e. The van der Waals surface area contributed by atoms with Crippen molar-refractivity contribution in [3.8, 4) is 0 Å². The number of anilines is 1. The molecule has 0 atom stereocenters. The highest BCUT2D eigenvalue weighted by atomic mass is 127. The van der Waals surface area contributed by atoms with E-state index in [0.29, 0.717) is 3.57 Å². The predicted molar refractivity (Wildman–Crippen MR) is 88.1 cm³/mol. The van der Waals surface area contributed by atoms with Crippen LogP contribution < -0.4 is 4.31 Å². The molecule has 9 heteroatoms. The molecular formula is C13H12IN3O4S. The van der Waals surface area contributed by atoms with E-state index in [1.54, 1.807) is 12.1 Å². The second-order valence-corrected chi connectivity index (χ2v) is 7.32. The molecule has 1 heterocycles. The van der Waals surface area contributed by atoms with Crippen LogP contribution >= 0.6 is 22.6 Å². The van der Waals surface area contributed by atoms with Crippen LogP contribution in [0.4, 0.5) is 5.82 Å². The van der Waals surface area contributed by atoms with Gasteiger partial charge in [-0.2, -0.15) is 5.10 Å². The van der Waals surface area contributed by atoms with Crippen LogP contribution in [0.5, 0.6) is 0 Å². The number of hydrogen-bond donors (Lipinski definition) is 0. The maximum absolute atomic E-state index is 12.6. The van der Waals surface area contributed by atoms with Gasteiger partial charge in [0.25, 0.3) is 10.0 Å². The Balaban J connectivity index is 2.48. The van der Waals surface area contributed by atoms with Crippen molar-refractivity contribution in [2.45, 2.75) is 4.90 Å². The van der Waals surface area contributed by atoms with Crippen LogP contribution in [0.2, 0.25) is 0 Å². The second kappa shape index (κ2) is 6.57. The number of esters is 1. The number of sulfonamides is 1. The van der Waals surface area contributed by atoms with Crippen LogP contribution in [-0.4, -0.2) is 38.7 Å². The van der Waals surface area contributed by atoms with Crippen molar-refractivity contribution >= 4 is 44.4 Å². The molecule has 0 saturated heterocycles. The Hall–Kier alpha value is -1.75. The molecule has 0 amide bonds. The van der Waals surface area contributed by atoms with Crippen LogP contribution in [0, 0.1) is 3.57 Å². The lowest BCUT2D eigenvalue weighted by atomic mass is 10.2. The van der Waals surface area contributed by atoms with Crippen molar-refractivity contribution in [2.24, 2.45) is 0 Å². The van der Waals surface area contributed by atoms with Gasteiger partial charge in [0.1, 0.15) is 0 Å². The summed E-state index contributed by atoms with van der Waals surface area (Å²) >= 11 is 1.94. The molecule has 1 aromatic carbocycles. The maximum atomic E-state index is 12.6. The highest BCUT2D eigenvalue weighted by molar-refractivity contribution is 14.1. The van der Waals surface area contributed by atoms with Gasteiger partial charge < -0.3 is 4.74 Å². The normalized spacial score (nSPS) is 11.0. The zero-order valence-electron chi connectivity index (χ0n) is 11.7. The Morgan fingerprint density at radius 3 is 2.64 bits per heavy atom. The van der Waals surface area contributed by atoms with Crippen LogP contribution in [-0.2, 0) is 14.8 Å². The van der Waals surface area contributed by atoms with Crippen molar-refractivity contribution < 1.29 is 17.9 Å². The van der Waals surface area contributed by atoms with Gasteiger partial charge in [0.2, 0.25) is 0 Å². The summed E-state index contributed by atoms with van der Waals surface area (Å²) in [5.74, 6) is -0.413. The van der Waals surface area contributed by atoms with E-state index >= 15 is 0 Å². The number of aromatic nitrogens is 2. The molecule has 116 valence electrons. The molecule has 0 N–H and O–H groups in total. The molecule has 7 nitrogen and oxygen atoms in total. The first kappa shape index (κ1) is 16.6. The molecule has 0 unspecified atom stereocenters. The summed E-state index contributed by atoms with van der Waals surface area (Å²) in [5.41, 5.74) is 0.191. The summed E-state index contributed by atoms with van der Waals surface area (Å²) in [5, 5.41) is 7.42. The number of methoxy groups -OCH3 is 1. The largest absolute Gasteiger partial charge is 0.465 e. The smallest absolute Gasteiger partial charge is 0.338 e. The number of halogens is 1. The molecule has 1 aromatic heterocycles. The molecule has 2 aromatic rings. The SMILES string of the molecule is COC(=O)c1cc(S(=O)(=O)N(C)c2cccnn2)ccc1I. The van der Waals surface area contributed by atoms with Gasteiger partial charge in [-0.25, -0.2) is 13.2 Å². The Labute approximate surface area is 141 Å². The number of carbonyl (C=O) groups is 1. The average molecular weight is 433 g/mol. The van der Waals surface area contributed by atoms with E-state index in [9.17, 15) is 13.2 Å². The predicted octanol–water partition coefficient (Wildman–Crippen LogP) is 1.69. The van der Waals surface area contributed by atoms with Crippen LogP contribution in [0.25, 0.3) is 0 Å². The van der Waals surface area contributed by atoms with Crippen molar-refractivity contribution in [3.05, 3.63) is 45.7 Å². The minimum Gasteiger partial charge on any atom is -0.465 e. The minimum atomic E-state index is -3.85. The highest BCUT2D eigenvalue weighted by Gasteiger charge is 2.24. The molecule has 0 aliphatic rings. The summed E-state index contributed by atoms with van der Waals surface area (Å²) in [4.78, 5) is 11.7. The Morgan fingerprint density at radius 2 is 2.05 bits per heavy atom. The van der Waals surface area contributed by atoms with Gasteiger partial charge in [-0.1, -0.05) is 0 Å². The van der Waals surface area contributed by atoms with E-state index in [4.69, 9.17) is 0 Å². The van der Waals surface area contributed by atoms with Crippen LogP contribution in [0.15, 0.2) is 41.4 Å². The number of hydrogen-bond acceptors (Lipinski definition) is 6. The molecule has 0 radical (unpaired) electrons. The van der Waals surface area contributed by atoms with E-state index in [2.05, 4.69) is 14.9 Å². The summed E-state index contributed by atoms with van der Waals surface area (Å²) in [7, 11) is -1.24.